The Morgan fingerprint density at radius 3 is 3.00 bits per heavy atom. The molecule has 0 unspecified atom stereocenters. The van der Waals surface area contributed by atoms with E-state index in [2.05, 4.69) is 0 Å². The summed E-state index contributed by atoms with van der Waals surface area (Å²) in [6, 6.07) is 2.96. The van der Waals surface area contributed by atoms with Crippen molar-refractivity contribution in [2.75, 3.05) is 13.9 Å². The molecule has 1 aromatic rings. The van der Waals surface area contributed by atoms with Gasteiger partial charge in [-0.05, 0) is 0 Å². The van der Waals surface area contributed by atoms with Crippen LogP contribution in [0.4, 0.5) is 4.39 Å². The Balaban J connectivity index is 2.70. The highest BCUT2D eigenvalue weighted by atomic mass is 19.1. The van der Waals surface area contributed by atoms with Crippen molar-refractivity contribution in [1.82, 2.24) is 0 Å². The van der Waals surface area contributed by atoms with E-state index in [9.17, 15) is 4.39 Å². The van der Waals surface area contributed by atoms with Crippen molar-refractivity contribution in [2.24, 2.45) is 0 Å². The number of hydrogen-bond acceptors (Lipinski definition) is 4. The van der Waals surface area contributed by atoms with E-state index in [4.69, 9.17) is 19.5 Å². The lowest BCUT2D eigenvalue weighted by Crippen LogP contribution is -1.95. The Hall–Kier alpha value is -1.96. The molecule has 0 amide bonds. The number of benzene rings is 1. The summed E-state index contributed by atoms with van der Waals surface area (Å²) in [7, 11) is 1.29. The third-order valence-corrected chi connectivity index (χ3v) is 1.89. The molecule has 0 saturated carbocycles. The molecule has 0 fully saturated rings. The van der Waals surface area contributed by atoms with Crippen molar-refractivity contribution in [3.63, 3.8) is 0 Å². The van der Waals surface area contributed by atoms with Crippen LogP contribution < -0.4 is 14.2 Å². The largest absolute Gasteiger partial charge is 0.492 e. The molecule has 2 rings (SSSR count). The van der Waals surface area contributed by atoms with Crippen LogP contribution >= 0.6 is 0 Å². The van der Waals surface area contributed by atoms with Crippen LogP contribution in [0, 0.1) is 17.1 Å². The molecule has 0 N–H and O–H groups in total. The van der Waals surface area contributed by atoms with Crippen molar-refractivity contribution in [2.45, 2.75) is 0 Å². The maximum absolute atomic E-state index is 13.3. The van der Waals surface area contributed by atoms with Crippen molar-refractivity contribution in [3.05, 3.63) is 17.4 Å². The minimum atomic E-state index is -0.631. The molecule has 0 bridgehead atoms. The smallest absolute Gasteiger partial charge is 0.231 e. The summed E-state index contributed by atoms with van der Waals surface area (Å²) in [4.78, 5) is 0. The quantitative estimate of drug-likeness (QED) is 0.680. The van der Waals surface area contributed by atoms with Crippen LogP contribution in [-0.4, -0.2) is 13.9 Å². The van der Waals surface area contributed by atoms with Gasteiger partial charge in [0.05, 0.1) is 7.11 Å². The lowest BCUT2D eigenvalue weighted by molar-refractivity contribution is 0.173. The summed E-state index contributed by atoms with van der Waals surface area (Å²) < 4.78 is 28.0. The monoisotopic (exact) mass is 195 g/mol. The molecular weight excluding hydrogens is 189 g/mol. The third-order valence-electron chi connectivity index (χ3n) is 1.89. The zero-order valence-corrected chi connectivity index (χ0v) is 7.33. The van der Waals surface area contributed by atoms with E-state index in [1.807, 2.05) is 6.07 Å². The first-order valence-electron chi connectivity index (χ1n) is 3.84. The summed E-state index contributed by atoms with van der Waals surface area (Å²) >= 11 is 0. The van der Waals surface area contributed by atoms with E-state index in [1.165, 1.54) is 7.11 Å². The molecule has 1 aliphatic heterocycles. The van der Waals surface area contributed by atoms with Gasteiger partial charge in [0.2, 0.25) is 6.79 Å². The van der Waals surface area contributed by atoms with Crippen LogP contribution in [0.25, 0.3) is 0 Å². The second kappa shape index (κ2) is 3.07. The van der Waals surface area contributed by atoms with Gasteiger partial charge in [-0.3, -0.25) is 0 Å². The lowest BCUT2D eigenvalue weighted by atomic mass is 10.1. The van der Waals surface area contributed by atoms with Crippen LogP contribution in [0.3, 0.4) is 0 Å². The van der Waals surface area contributed by atoms with Crippen molar-refractivity contribution in [1.29, 1.82) is 5.26 Å². The zero-order valence-electron chi connectivity index (χ0n) is 7.33. The number of hydrogen-bond donors (Lipinski definition) is 0. The maximum atomic E-state index is 13.3. The Kier molecular flexibility index (Phi) is 1.89. The van der Waals surface area contributed by atoms with Crippen LogP contribution in [-0.2, 0) is 0 Å². The number of nitriles is 1. The van der Waals surface area contributed by atoms with E-state index >= 15 is 0 Å². The highest BCUT2D eigenvalue weighted by Gasteiger charge is 2.25. The maximum Gasteiger partial charge on any atom is 0.231 e. The molecule has 0 aliphatic carbocycles. The molecule has 5 heteroatoms. The van der Waals surface area contributed by atoms with Gasteiger partial charge in [-0.15, -0.1) is 0 Å². The van der Waals surface area contributed by atoms with Gasteiger partial charge >= 0.3 is 0 Å². The first kappa shape index (κ1) is 8.63. The molecule has 14 heavy (non-hydrogen) atoms. The molecule has 72 valence electrons. The summed E-state index contributed by atoms with van der Waals surface area (Å²) in [5.41, 5.74) is 0.0278. The van der Waals surface area contributed by atoms with Crippen LogP contribution in [0.2, 0.25) is 0 Å². The van der Waals surface area contributed by atoms with Crippen molar-refractivity contribution < 1.29 is 18.6 Å². The molecule has 1 aromatic carbocycles. The third kappa shape index (κ3) is 1.04. The average Bonchev–Trinajstić information content (AvgIpc) is 2.62. The minimum Gasteiger partial charge on any atom is -0.492 e. The Bertz CT molecular complexity index is 421. The first-order chi connectivity index (χ1) is 6.77. The van der Waals surface area contributed by atoms with Gasteiger partial charge in [0.1, 0.15) is 11.6 Å². The lowest BCUT2D eigenvalue weighted by Gasteiger charge is -2.06. The summed E-state index contributed by atoms with van der Waals surface area (Å²) in [6.45, 7) is -0.00335. The highest BCUT2D eigenvalue weighted by Crippen LogP contribution is 2.41. The standard InChI is InChI=1S/C9H6FNO3/c1-12-8-5(3-11)9-7(2-6(8)10)13-4-14-9/h2H,4H2,1H3. The summed E-state index contributed by atoms with van der Waals surface area (Å²) in [5, 5.41) is 8.81. The van der Waals surface area contributed by atoms with E-state index < -0.39 is 5.82 Å². The normalized spacial score (nSPS) is 12.4. The van der Waals surface area contributed by atoms with Gasteiger partial charge in [0, 0.05) is 6.07 Å². The SMILES string of the molecule is COc1c(F)cc2c(c1C#N)OCO2. The van der Waals surface area contributed by atoms with E-state index in [1.54, 1.807) is 0 Å². The molecule has 1 heterocycles. The number of methoxy groups -OCH3 is 1. The van der Waals surface area contributed by atoms with Crippen LogP contribution in [0.5, 0.6) is 17.2 Å². The molecule has 4 nitrogen and oxygen atoms in total. The van der Waals surface area contributed by atoms with Gasteiger partial charge in [0.15, 0.2) is 23.1 Å². The first-order valence-corrected chi connectivity index (χ1v) is 3.84. The van der Waals surface area contributed by atoms with Gasteiger partial charge in [-0.25, -0.2) is 4.39 Å². The van der Waals surface area contributed by atoms with E-state index in [0.717, 1.165) is 6.07 Å². The van der Waals surface area contributed by atoms with Crippen molar-refractivity contribution >= 4 is 0 Å². The molecule has 0 spiro atoms. The molecular formula is C9H6FNO3. The fourth-order valence-corrected chi connectivity index (χ4v) is 1.30. The Labute approximate surface area is 79.4 Å². The second-order valence-electron chi connectivity index (χ2n) is 2.61. The van der Waals surface area contributed by atoms with Crippen LogP contribution in [0.15, 0.2) is 6.07 Å². The fraction of sp³-hybridized carbons (Fsp3) is 0.222. The van der Waals surface area contributed by atoms with Gasteiger partial charge in [-0.1, -0.05) is 0 Å². The Morgan fingerprint density at radius 2 is 2.36 bits per heavy atom. The number of halogens is 1. The predicted molar refractivity (Wildman–Crippen MR) is 43.8 cm³/mol. The van der Waals surface area contributed by atoms with Gasteiger partial charge in [-0.2, -0.15) is 5.26 Å². The number of ether oxygens (including phenoxy) is 3. The average molecular weight is 195 g/mol. The molecule has 0 radical (unpaired) electrons. The topological polar surface area (TPSA) is 51.5 Å². The molecule has 0 saturated heterocycles. The minimum absolute atomic E-state index is 0.00335. The van der Waals surface area contributed by atoms with Crippen LogP contribution in [0.1, 0.15) is 5.56 Å². The molecule has 0 aromatic heterocycles. The van der Waals surface area contributed by atoms with Crippen molar-refractivity contribution in [3.8, 4) is 23.3 Å². The number of fused-ring (bicyclic) bond motifs is 1. The summed E-state index contributed by atoms with van der Waals surface area (Å²) in [5.74, 6) is -0.268. The Morgan fingerprint density at radius 1 is 1.57 bits per heavy atom. The van der Waals surface area contributed by atoms with E-state index in [0.29, 0.717) is 0 Å². The number of rotatable bonds is 1. The molecule has 1 aliphatic rings. The number of nitrogens with zero attached hydrogens (tertiary/aromatic N) is 1. The predicted octanol–water partition coefficient (Wildman–Crippen LogP) is 1.43. The molecule has 0 atom stereocenters. The van der Waals surface area contributed by atoms with E-state index in [-0.39, 0.29) is 29.6 Å². The van der Waals surface area contributed by atoms with Gasteiger partial charge < -0.3 is 14.2 Å². The fourth-order valence-electron chi connectivity index (χ4n) is 1.30. The highest BCUT2D eigenvalue weighted by molar-refractivity contribution is 5.61. The summed E-state index contributed by atoms with van der Waals surface area (Å²) in [6.07, 6.45) is 0. The van der Waals surface area contributed by atoms with Gasteiger partial charge in [0.25, 0.3) is 0 Å². The zero-order chi connectivity index (χ0) is 10.1. The second-order valence-corrected chi connectivity index (χ2v) is 2.61.